The SMILES string of the molecule is CP(=O)([O-])O[C@@H](c1cccc(Cl)c1)C(F)(F)F. The molecule has 2 atom stereocenters. The third-order valence-electron chi connectivity index (χ3n) is 1.75. The summed E-state index contributed by atoms with van der Waals surface area (Å²) in [5.74, 6) is 0. The molecule has 1 aromatic carbocycles. The minimum Gasteiger partial charge on any atom is -0.779 e. The van der Waals surface area contributed by atoms with Crippen LogP contribution in [0.1, 0.15) is 11.7 Å². The molecule has 96 valence electrons. The average molecular weight is 288 g/mol. The molecule has 3 nitrogen and oxygen atoms in total. The highest BCUT2D eigenvalue weighted by molar-refractivity contribution is 7.50. The Morgan fingerprint density at radius 3 is 2.47 bits per heavy atom. The predicted octanol–water partition coefficient (Wildman–Crippen LogP) is 3.14. The molecule has 0 saturated heterocycles. The lowest BCUT2D eigenvalue weighted by Gasteiger charge is -2.27. The monoisotopic (exact) mass is 287 g/mol. The zero-order valence-corrected chi connectivity index (χ0v) is 10.2. The molecule has 0 aliphatic heterocycles. The quantitative estimate of drug-likeness (QED) is 0.803. The third kappa shape index (κ3) is 4.68. The molecule has 0 bridgehead atoms. The molecule has 0 spiro atoms. The van der Waals surface area contributed by atoms with Crippen LogP contribution in [0.2, 0.25) is 5.02 Å². The van der Waals surface area contributed by atoms with Crippen LogP contribution < -0.4 is 4.89 Å². The van der Waals surface area contributed by atoms with Crippen molar-refractivity contribution in [1.29, 1.82) is 0 Å². The molecule has 0 aliphatic carbocycles. The van der Waals surface area contributed by atoms with Crippen LogP contribution in [0.25, 0.3) is 0 Å². The van der Waals surface area contributed by atoms with Gasteiger partial charge in [0.25, 0.3) is 0 Å². The van der Waals surface area contributed by atoms with Gasteiger partial charge in [-0.25, -0.2) is 0 Å². The van der Waals surface area contributed by atoms with Crippen molar-refractivity contribution in [1.82, 2.24) is 0 Å². The van der Waals surface area contributed by atoms with Crippen molar-refractivity contribution in [3.8, 4) is 0 Å². The molecular formula is C9H8ClF3O3P-. The summed E-state index contributed by atoms with van der Waals surface area (Å²) < 4.78 is 52.8. The minimum atomic E-state index is -4.83. The second-order valence-corrected chi connectivity index (χ2v) is 5.54. The number of hydrogen-bond acceptors (Lipinski definition) is 3. The average Bonchev–Trinajstić information content (AvgIpc) is 2.11. The summed E-state index contributed by atoms with van der Waals surface area (Å²) in [7, 11) is -4.51. The van der Waals surface area contributed by atoms with Gasteiger partial charge in [-0.1, -0.05) is 23.7 Å². The van der Waals surface area contributed by atoms with E-state index in [2.05, 4.69) is 4.52 Å². The molecule has 0 heterocycles. The molecule has 0 N–H and O–H groups in total. The summed E-state index contributed by atoms with van der Waals surface area (Å²) in [5, 5.41) is 0.0668. The van der Waals surface area contributed by atoms with E-state index in [1.54, 1.807) is 0 Å². The van der Waals surface area contributed by atoms with Crippen LogP contribution in [0, 0.1) is 0 Å². The third-order valence-corrected chi connectivity index (χ3v) is 2.57. The van der Waals surface area contributed by atoms with Crippen molar-refractivity contribution in [2.45, 2.75) is 12.3 Å². The van der Waals surface area contributed by atoms with E-state index in [1.807, 2.05) is 0 Å². The van der Waals surface area contributed by atoms with E-state index >= 15 is 0 Å². The van der Waals surface area contributed by atoms with Crippen LogP contribution in [0.5, 0.6) is 0 Å². The Morgan fingerprint density at radius 2 is 2.06 bits per heavy atom. The van der Waals surface area contributed by atoms with Crippen LogP contribution in [0.4, 0.5) is 13.2 Å². The largest absolute Gasteiger partial charge is 0.779 e. The molecule has 17 heavy (non-hydrogen) atoms. The maximum Gasteiger partial charge on any atom is 0.419 e. The molecule has 1 unspecified atom stereocenters. The highest BCUT2D eigenvalue weighted by Crippen LogP contribution is 2.46. The fraction of sp³-hybridized carbons (Fsp3) is 0.333. The fourth-order valence-corrected chi connectivity index (χ4v) is 1.99. The van der Waals surface area contributed by atoms with Gasteiger partial charge in [0, 0.05) is 11.7 Å². The van der Waals surface area contributed by atoms with Crippen molar-refractivity contribution >= 4 is 19.2 Å². The molecule has 0 radical (unpaired) electrons. The Balaban J connectivity index is 3.12. The maximum absolute atomic E-state index is 12.6. The van der Waals surface area contributed by atoms with E-state index in [1.165, 1.54) is 12.1 Å². The highest BCUT2D eigenvalue weighted by atomic mass is 35.5. The Labute approximate surface area is 101 Å². The Morgan fingerprint density at radius 1 is 1.47 bits per heavy atom. The van der Waals surface area contributed by atoms with Gasteiger partial charge in [-0.3, -0.25) is 0 Å². The second kappa shape index (κ2) is 4.98. The molecule has 8 heteroatoms. The predicted molar refractivity (Wildman–Crippen MR) is 54.9 cm³/mol. The Bertz CT molecular complexity index is 443. The van der Waals surface area contributed by atoms with Crippen LogP contribution in [0.15, 0.2) is 24.3 Å². The normalized spacial score (nSPS) is 17.5. The van der Waals surface area contributed by atoms with E-state index in [0.29, 0.717) is 6.66 Å². The first-order valence-corrected chi connectivity index (χ1v) is 6.75. The Kier molecular flexibility index (Phi) is 4.25. The van der Waals surface area contributed by atoms with Gasteiger partial charge in [0.1, 0.15) is 7.60 Å². The van der Waals surface area contributed by atoms with Crippen molar-refractivity contribution < 1.29 is 27.2 Å². The standard InChI is InChI=1S/C9H9ClF3O3P/c1-17(14,15)16-8(9(11,12)13)6-3-2-4-7(10)5-6/h2-5,8H,1H3,(H,14,15)/p-1/t8-/m0/s1. The van der Waals surface area contributed by atoms with Crippen molar-refractivity contribution in [2.24, 2.45) is 0 Å². The molecule has 0 amide bonds. The van der Waals surface area contributed by atoms with Gasteiger partial charge < -0.3 is 14.0 Å². The van der Waals surface area contributed by atoms with Gasteiger partial charge in [-0.2, -0.15) is 13.2 Å². The molecule has 0 fully saturated rings. The van der Waals surface area contributed by atoms with Gasteiger partial charge in [0.15, 0.2) is 6.10 Å². The van der Waals surface area contributed by atoms with E-state index < -0.39 is 19.9 Å². The summed E-state index contributed by atoms with van der Waals surface area (Å²) in [6.45, 7) is 0.580. The summed E-state index contributed by atoms with van der Waals surface area (Å²) in [4.78, 5) is 10.8. The zero-order valence-electron chi connectivity index (χ0n) is 8.57. The van der Waals surface area contributed by atoms with Crippen molar-refractivity contribution in [2.75, 3.05) is 6.66 Å². The molecule has 0 aromatic heterocycles. The van der Waals surface area contributed by atoms with E-state index in [9.17, 15) is 22.6 Å². The van der Waals surface area contributed by atoms with Crippen LogP contribution in [-0.4, -0.2) is 12.8 Å². The molecular weight excluding hydrogens is 280 g/mol. The van der Waals surface area contributed by atoms with Gasteiger partial charge in [-0.05, 0) is 17.7 Å². The summed E-state index contributed by atoms with van der Waals surface area (Å²) >= 11 is 5.54. The maximum atomic E-state index is 12.6. The van der Waals surface area contributed by atoms with Gasteiger partial charge in [0.05, 0.1) is 0 Å². The Hall–Kier alpha value is -0.550. The van der Waals surface area contributed by atoms with Crippen LogP contribution in [-0.2, 0) is 9.09 Å². The lowest BCUT2D eigenvalue weighted by molar-refractivity contribution is -0.239. The first-order valence-electron chi connectivity index (χ1n) is 4.39. The summed E-state index contributed by atoms with van der Waals surface area (Å²) in [5.41, 5.74) is -0.358. The topological polar surface area (TPSA) is 49.4 Å². The minimum absolute atomic E-state index is 0.0668. The lowest BCUT2D eigenvalue weighted by atomic mass is 10.1. The first-order chi connectivity index (χ1) is 7.59. The molecule has 0 saturated carbocycles. The smallest absolute Gasteiger partial charge is 0.419 e. The zero-order chi connectivity index (χ0) is 13.3. The number of rotatable bonds is 3. The van der Waals surface area contributed by atoms with Gasteiger partial charge in [-0.15, -0.1) is 0 Å². The van der Waals surface area contributed by atoms with Crippen molar-refractivity contribution in [3.63, 3.8) is 0 Å². The van der Waals surface area contributed by atoms with E-state index in [0.717, 1.165) is 12.1 Å². The van der Waals surface area contributed by atoms with Crippen molar-refractivity contribution in [3.05, 3.63) is 34.9 Å². The van der Waals surface area contributed by atoms with E-state index in [-0.39, 0.29) is 10.6 Å². The van der Waals surface area contributed by atoms with Crippen LogP contribution >= 0.6 is 19.2 Å². The second-order valence-electron chi connectivity index (χ2n) is 3.35. The lowest BCUT2D eigenvalue weighted by Crippen LogP contribution is -2.24. The number of benzene rings is 1. The fourth-order valence-electron chi connectivity index (χ4n) is 1.17. The van der Waals surface area contributed by atoms with Crippen LogP contribution in [0.3, 0.4) is 0 Å². The van der Waals surface area contributed by atoms with Gasteiger partial charge in [0.2, 0.25) is 0 Å². The highest BCUT2D eigenvalue weighted by Gasteiger charge is 2.43. The molecule has 1 rings (SSSR count). The summed E-state index contributed by atoms with van der Waals surface area (Å²) in [6.07, 6.45) is -7.37. The number of alkyl halides is 3. The van der Waals surface area contributed by atoms with E-state index in [4.69, 9.17) is 11.6 Å². The van der Waals surface area contributed by atoms with Gasteiger partial charge >= 0.3 is 6.18 Å². The first kappa shape index (κ1) is 14.5. The number of halogens is 4. The molecule has 0 aliphatic rings. The number of hydrogen-bond donors (Lipinski definition) is 0. The molecule has 1 aromatic rings. The summed E-state index contributed by atoms with van der Waals surface area (Å²) in [6, 6.07) is 4.77.